The van der Waals surface area contributed by atoms with Crippen LogP contribution in [0.2, 0.25) is 0 Å². The minimum atomic E-state index is -0.412. The Kier molecular flexibility index (Phi) is 2.26. The van der Waals surface area contributed by atoms with Crippen molar-refractivity contribution in [1.82, 2.24) is 5.32 Å². The largest absolute Gasteiger partial charge is 0.489 e. The summed E-state index contributed by atoms with van der Waals surface area (Å²) in [6.45, 7) is 2.62. The number of hydrogen-bond acceptors (Lipinski definition) is 3. The lowest BCUT2D eigenvalue weighted by Gasteiger charge is -2.30. The first kappa shape index (κ1) is 9.31. The van der Waals surface area contributed by atoms with Crippen LogP contribution in [0, 0.1) is 6.92 Å². The van der Waals surface area contributed by atoms with Crippen molar-refractivity contribution in [1.29, 1.82) is 0 Å². The average Bonchev–Trinajstić information content (AvgIpc) is 2.44. The average molecular weight is 218 g/mol. The number of thiophene rings is 1. The van der Waals surface area contributed by atoms with E-state index in [2.05, 4.69) is 18.3 Å². The Bertz CT molecular complexity index is 325. The van der Waals surface area contributed by atoms with Gasteiger partial charge in [0.25, 0.3) is 0 Å². The van der Waals surface area contributed by atoms with Crippen molar-refractivity contribution in [2.75, 3.05) is 13.7 Å². The van der Waals surface area contributed by atoms with Gasteiger partial charge in [-0.1, -0.05) is 11.6 Å². The summed E-state index contributed by atoms with van der Waals surface area (Å²) >= 11 is 8.03. The molecule has 1 unspecified atom stereocenters. The van der Waals surface area contributed by atoms with Gasteiger partial charge in [0.05, 0.1) is 4.88 Å². The maximum atomic E-state index is 6.27. The van der Waals surface area contributed by atoms with E-state index in [0.29, 0.717) is 6.61 Å². The molecular weight excluding hydrogens is 206 g/mol. The minimum Gasteiger partial charge on any atom is -0.489 e. The van der Waals surface area contributed by atoms with E-state index in [9.17, 15) is 0 Å². The van der Waals surface area contributed by atoms with Crippen LogP contribution in [-0.4, -0.2) is 18.7 Å². The Balaban J connectivity index is 2.28. The molecule has 2 nitrogen and oxygen atoms in total. The van der Waals surface area contributed by atoms with E-state index in [1.807, 2.05) is 7.05 Å². The molecule has 1 aliphatic heterocycles. The molecule has 0 spiro atoms. The Morgan fingerprint density at radius 1 is 1.69 bits per heavy atom. The smallest absolute Gasteiger partial charge is 0.133 e. The van der Waals surface area contributed by atoms with Crippen LogP contribution in [0.25, 0.3) is 0 Å². The maximum absolute atomic E-state index is 6.27. The fourth-order valence-electron chi connectivity index (χ4n) is 1.44. The van der Waals surface area contributed by atoms with Gasteiger partial charge in [0, 0.05) is 11.3 Å². The maximum Gasteiger partial charge on any atom is 0.133 e. The van der Waals surface area contributed by atoms with Crippen LogP contribution in [0.1, 0.15) is 9.75 Å². The molecule has 0 saturated heterocycles. The molecule has 2 heterocycles. The number of hydrogen-bond donors (Lipinski definition) is 1. The molecule has 13 heavy (non-hydrogen) atoms. The molecule has 0 bridgehead atoms. The van der Waals surface area contributed by atoms with Crippen molar-refractivity contribution >= 4 is 22.9 Å². The fraction of sp³-hybridized carbons (Fsp3) is 0.556. The molecule has 0 amide bonds. The van der Waals surface area contributed by atoms with Gasteiger partial charge < -0.3 is 4.74 Å². The lowest BCUT2D eigenvalue weighted by atomic mass is 10.1. The van der Waals surface area contributed by atoms with Gasteiger partial charge in [0.15, 0.2) is 0 Å². The second-order valence-electron chi connectivity index (χ2n) is 3.33. The van der Waals surface area contributed by atoms with E-state index in [4.69, 9.17) is 16.3 Å². The topological polar surface area (TPSA) is 21.3 Å². The second-order valence-corrected chi connectivity index (χ2v) is 5.39. The molecule has 1 aromatic rings. The number of aryl methyl sites for hydroxylation is 1. The van der Waals surface area contributed by atoms with Crippen molar-refractivity contribution in [2.24, 2.45) is 0 Å². The summed E-state index contributed by atoms with van der Waals surface area (Å²) in [5.74, 6) is 1.01. The normalized spacial score (nSPS) is 26.7. The fourth-order valence-corrected chi connectivity index (χ4v) is 2.80. The summed E-state index contributed by atoms with van der Waals surface area (Å²) in [5.41, 5.74) is 0. The van der Waals surface area contributed by atoms with Gasteiger partial charge >= 0.3 is 0 Å². The molecule has 1 aromatic heterocycles. The Morgan fingerprint density at radius 3 is 3.15 bits per heavy atom. The minimum absolute atomic E-state index is 0.412. The van der Waals surface area contributed by atoms with E-state index in [0.717, 1.165) is 12.2 Å². The summed E-state index contributed by atoms with van der Waals surface area (Å²) in [6, 6.07) is 2.08. The molecule has 1 N–H and O–H groups in total. The highest BCUT2D eigenvalue weighted by molar-refractivity contribution is 7.12. The monoisotopic (exact) mass is 217 g/mol. The summed E-state index contributed by atoms with van der Waals surface area (Å²) in [5, 5.41) is 3.08. The zero-order valence-corrected chi connectivity index (χ0v) is 9.26. The first-order valence-electron chi connectivity index (χ1n) is 4.23. The van der Waals surface area contributed by atoms with Crippen LogP contribution in [0.15, 0.2) is 6.07 Å². The standard InChI is InChI=1S/C9H12ClNOS/c1-6-3-7-8(13-6)4-9(10,11-2)5-12-7/h3,11H,4-5H2,1-2H3. The Hall–Kier alpha value is -0.250. The predicted octanol–water partition coefficient (Wildman–Crippen LogP) is 2.15. The van der Waals surface area contributed by atoms with Crippen molar-refractivity contribution in [3.63, 3.8) is 0 Å². The quantitative estimate of drug-likeness (QED) is 0.575. The van der Waals surface area contributed by atoms with Crippen molar-refractivity contribution in [3.8, 4) is 5.75 Å². The van der Waals surface area contributed by atoms with Gasteiger partial charge in [-0.15, -0.1) is 11.3 Å². The van der Waals surface area contributed by atoms with Gasteiger partial charge in [-0.2, -0.15) is 0 Å². The van der Waals surface area contributed by atoms with Gasteiger partial charge in [-0.3, -0.25) is 5.32 Å². The van der Waals surface area contributed by atoms with Crippen LogP contribution in [0.3, 0.4) is 0 Å². The highest BCUT2D eigenvalue weighted by atomic mass is 35.5. The van der Waals surface area contributed by atoms with Crippen LogP contribution >= 0.6 is 22.9 Å². The number of alkyl halides is 1. The molecule has 72 valence electrons. The lowest BCUT2D eigenvalue weighted by Crippen LogP contribution is -2.46. The van der Waals surface area contributed by atoms with Crippen molar-refractivity contribution in [3.05, 3.63) is 15.8 Å². The number of rotatable bonds is 1. The third-order valence-electron chi connectivity index (χ3n) is 2.24. The number of halogens is 1. The molecule has 2 rings (SSSR count). The highest BCUT2D eigenvalue weighted by Crippen LogP contribution is 2.37. The van der Waals surface area contributed by atoms with Crippen LogP contribution in [0.4, 0.5) is 0 Å². The van der Waals surface area contributed by atoms with Gasteiger partial charge in [0.2, 0.25) is 0 Å². The first-order chi connectivity index (χ1) is 6.13. The van der Waals surface area contributed by atoms with E-state index in [1.165, 1.54) is 9.75 Å². The second kappa shape index (κ2) is 3.15. The molecule has 1 aliphatic rings. The van der Waals surface area contributed by atoms with E-state index >= 15 is 0 Å². The molecule has 0 fully saturated rings. The summed E-state index contributed by atoms with van der Waals surface area (Å²) in [7, 11) is 1.86. The third-order valence-corrected chi connectivity index (χ3v) is 3.70. The first-order valence-corrected chi connectivity index (χ1v) is 5.42. The lowest BCUT2D eigenvalue weighted by molar-refractivity contribution is 0.224. The van der Waals surface area contributed by atoms with Crippen LogP contribution < -0.4 is 10.1 Å². The molecular formula is C9H12ClNOS. The molecule has 4 heteroatoms. The van der Waals surface area contributed by atoms with Gasteiger partial charge in [-0.05, 0) is 20.0 Å². The van der Waals surface area contributed by atoms with Crippen LogP contribution in [0.5, 0.6) is 5.75 Å². The molecule has 1 atom stereocenters. The molecule has 0 aliphatic carbocycles. The Labute approximate surface area is 86.9 Å². The highest BCUT2D eigenvalue weighted by Gasteiger charge is 2.33. The molecule has 0 radical (unpaired) electrons. The zero-order valence-electron chi connectivity index (χ0n) is 7.69. The zero-order chi connectivity index (χ0) is 9.47. The SMILES string of the molecule is CNC1(Cl)COc2cc(C)sc2C1. The van der Waals surface area contributed by atoms with Crippen molar-refractivity contribution < 1.29 is 4.74 Å². The van der Waals surface area contributed by atoms with Gasteiger partial charge in [-0.25, -0.2) is 0 Å². The third kappa shape index (κ3) is 1.68. The number of likely N-dealkylation sites (N-methyl/N-ethyl adjacent to an activating group) is 1. The summed E-state index contributed by atoms with van der Waals surface area (Å²) in [6.07, 6.45) is 0.846. The molecule has 0 aromatic carbocycles. The number of fused-ring (bicyclic) bond motifs is 1. The van der Waals surface area contributed by atoms with Crippen molar-refractivity contribution in [2.45, 2.75) is 18.3 Å². The number of ether oxygens (including phenoxy) is 1. The number of nitrogens with one attached hydrogen (secondary N) is 1. The van der Waals surface area contributed by atoms with E-state index < -0.39 is 5.00 Å². The predicted molar refractivity (Wildman–Crippen MR) is 55.9 cm³/mol. The van der Waals surface area contributed by atoms with E-state index in [-0.39, 0.29) is 0 Å². The van der Waals surface area contributed by atoms with E-state index in [1.54, 1.807) is 11.3 Å². The summed E-state index contributed by atoms with van der Waals surface area (Å²) in [4.78, 5) is 2.11. The Morgan fingerprint density at radius 2 is 2.46 bits per heavy atom. The summed E-state index contributed by atoms with van der Waals surface area (Å²) < 4.78 is 5.57. The van der Waals surface area contributed by atoms with Crippen LogP contribution in [-0.2, 0) is 6.42 Å². The molecule has 0 saturated carbocycles. The van der Waals surface area contributed by atoms with Gasteiger partial charge in [0.1, 0.15) is 17.4 Å².